The summed E-state index contributed by atoms with van der Waals surface area (Å²) in [6.45, 7) is -0.386. The highest BCUT2D eigenvalue weighted by atomic mass is 19.4. The van der Waals surface area contributed by atoms with Gasteiger partial charge in [-0.1, -0.05) is 0 Å². The minimum Gasteiger partial charge on any atom is -0.371 e. The van der Waals surface area contributed by atoms with Crippen molar-refractivity contribution in [2.24, 2.45) is 0 Å². The van der Waals surface area contributed by atoms with Crippen molar-refractivity contribution in [1.29, 1.82) is 0 Å². The fourth-order valence-electron chi connectivity index (χ4n) is 3.27. The Bertz CT molecular complexity index is 1350. The van der Waals surface area contributed by atoms with Gasteiger partial charge < -0.3 is 16.0 Å². The fraction of sp³-hybridized carbons (Fsp3) is 0.211. The lowest BCUT2D eigenvalue weighted by molar-refractivity contribution is -0.143. The minimum absolute atomic E-state index is 0.283. The van der Waals surface area contributed by atoms with E-state index >= 15 is 0 Å². The lowest BCUT2D eigenvalue weighted by Gasteiger charge is -2.23. The van der Waals surface area contributed by atoms with E-state index in [2.05, 4.69) is 30.9 Å². The zero-order valence-corrected chi connectivity index (χ0v) is 17.9. The van der Waals surface area contributed by atoms with Crippen LogP contribution in [0.3, 0.4) is 0 Å². The van der Waals surface area contributed by atoms with Crippen LogP contribution in [0.2, 0.25) is 0 Å². The van der Waals surface area contributed by atoms with Gasteiger partial charge in [0.1, 0.15) is 5.57 Å². The summed E-state index contributed by atoms with van der Waals surface area (Å²) in [5.74, 6) is -3.56. The standard InChI is InChI=1S/C19H14F7N9O/c1-27-15-12(20)2-3-13(33-15)34-14(19(24,25)26)10(8-31-34)17(36)32-9-6-11(18(21,22)23)16(28-7-9)35-29-4-5-30-35/h2-6,8,28H,7H2,1H3,(H,27,33)(H,32,36). The van der Waals surface area contributed by atoms with Crippen LogP contribution in [-0.4, -0.2) is 55.4 Å². The first-order valence-corrected chi connectivity index (χ1v) is 9.84. The van der Waals surface area contributed by atoms with E-state index in [0.29, 0.717) is 17.1 Å². The lowest BCUT2D eigenvalue weighted by Crippen LogP contribution is -2.37. The summed E-state index contributed by atoms with van der Waals surface area (Å²) in [4.78, 5) is 17.1. The molecule has 3 N–H and O–H groups in total. The van der Waals surface area contributed by atoms with Crippen molar-refractivity contribution < 1.29 is 35.5 Å². The molecule has 3 aromatic heterocycles. The zero-order valence-electron chi connectivity index (χ0n) is 17.9. The van der Waals surface area contributed by atoms with E-state index in [1.165, 1.54) is 7.05 Å². The van der Waals surface area contributed by atoms with E-state index in [-0.39, 0.29) is 22.7 Å². The highest BCUT2D eigenvalue weighted by molar-refractivity contribution is 5.96. The van der Waals surface area contributed by atoms with Crippen molar-refractivity contribution in [3.8, 4) is 5.82 Å². The zero-order chi connectivity index (χ0) is 26.3. The van der Waals surface area contributed by atoms with E-state index < -0.39 is 52.5 Å². The Kier molecular flexibility index (Phi) is 6.15. The summed E-state index contributed by atoms with van der Waals surface area (Å²) in [5.41, 5.74) is -4.18. The average molecular weight is 517 g/mol. The van der Waals surface area contributed by atoms with Gasteiger partial charge in [0.15, 0.2) is 29.0 Å². The Morgan fingerprint density at radius 3 is 2.36 bits per heavy atom. The Hall–Kier alpha value is -4.44. The van der Waals surface area contributed by atoms with Crippen LogP contribution in [0.5, 0.6) is 0 Å². The monoisotopic (exact) mass is 517 g/mol. The number of carbonyl (C=O) groups is 1. The van der Waals surface area contributed by atoms with Gasteiger partial charge in [0, 0.05) is 12.7 Å². The first-order valence-electron chi connectivity index (χ1n) is 9.84. The highest BCUT2D eigenvalue weighted by Crippen LogP contribution is 2.35. The highest BCUT2D eigenvalue weighted by Gasteiger charge is 2.42. The number of carbonyl (C=O) groups excluding carboxylic acids is 1. The molecule has 1 amide bonds. The third kappa shape index (κ3) is 4.71. The number of nitrogens with one attached hydrogen (secondary N) is 3. The molecule has 36 heavy (non-hydrogen) atoms. The number of hydrogen-bond donors (Lipinski definition) is 3. The number of alkyl halides is 6. The van der Waals surface area contributed by atoms with Crippen LogP contribution >= 0.6 is 0 Å². The number of rotatable bonds is 5. The van der Waals surface area contributed by atoms with Crippen LogP contribution in [0, 0.1) is 5.82 Å². The molecular weight excluding hydrogens is 503 g/mol. The summed E-state index contributed by atoms with van der Waals surface area (Å²) in [7, 11) is 1.30. The Morgan fingerprint density at radius 2 is 1.75 bits per heavy atom. The summed E-state index contributed by atoms with van der Waals surface area (Å²) < 4.78 is 96.5. The van der Waals surface area contributed by atoms with Crippen LogP contribution in [-0.2, 0) is 6.18 Å². The van der Waals surface area contributed by atoms with E-state index in [0.717, 1.165) is 24.5 Å². The normalized spacial score (nSPS) is 14.4. The molecule has 0 aromatic carbocycles. The number of nitrogens with zero attached hydrogens (tertiary/aromatic N) is 6. The second-order valence-corrected chi connectivity index (χ2v) is 7.12. The van der Waals surface area contributed by atoms with Gasteiger partial charge in [-0.3, -0.25) is 4.79 Å². The fourth-order valence-corrected chi connectivity index (χ4v) is 3.27. The molecule has 3 aromatic rings. The molecule has 0 fully saturated rings. The molecule has 0 radical (unpaired) electrons. The van der Waals surface area contributed by atoms with Gasteiger partial charge in [0.05, 0.1) is 30.7 Å². The van der Waals surface area contributed by atoms with Gasteiger partial charge in [0.2, 0.25) is 0 Å². The molecule has 0 bridgehead atoms. The molecule has 0 unspecified atom stereocenters. The smallest absolute Gasteiger partial charge is 0.371 e. The molecule has 0 saturated carbocycles. The minimum atomic E-state index is -5.13. The Labute approximate surface area is 196 Å². The third-order valence-corrected chi connectivity index (χ3v) is 4.79. The molecule has 0 aliphatic carbocycles. The predicted molar refractivity (Wildman–Crippen MR) is 109 cm³/mol. The Balaban J connectivity index is 1.70. The van der Waals surface area contributed by atoms with Crippen LogP contribution in [0.15, 0.2) is 48.1 Å². The molecule has 17 heteroatoms. The van der Waals surface area contributed by atoms with Crippen LogP contribution in [0.1, 0.15) is 16.1 Å². The largest absolute Gasteiger partial charge is 0.434 e. The summed E-state index contributed by atoms with van der Waals surface area (Å²) in [6, 6.07) is 1.77. The summed E-state index contributed by atoms with van der Waals surface area (Å²) in [5, 5.41) is 17.6. The first-order chi connectivity index (χ1) is 16.9. The molecule has 1 aliphatic heterocycles. The summed E-state index contributed by atoms with van der Waals surface area (Å²) >= 11 is 0. The Morgan fingerprint density at radius 1 is 1.06 bits per heavy atom. The average Bonchev–Trinajstić information content (AvgIpc) is 3.49. The molecule has 190 valence electrons. The van der Waals surface area contributed by atoms with E-state index in [9.17, 15) is 35.5 Å². The SMILES string of the molecule is CNc1nc(-n2ncc(C(=O)NC3=CC(C(F)(F)F)=C(n4nccn4)NC3)c2C(F)(F)F)ccc1F. The van der Waals surface area contributed by atoms with E-state index in [4.69, 9.17) is 0 Å². The van der Waals surface area contributed by atoms with Crippen molar-refractivity contribution in [2.75, 3.05) is 18.9 Å². The molecule has 10 nitrogen and oxygen atoms in total. The first kappa shape index (κ1) is 24.7. The molecule has 4 rings (SSSR count). The molecule has 1 aliphatic rings. The molecule has 0 saturated heterocycles. The van der Waals surface area contributed by atoms with Crippen LogP contribution < -0.4 is 16.0 Å². The van der Waals surface area contributed by atoms with Crippen molar-refractivity contribution in [3.05, 3.63) is 65.1 Å². The second-order valence-electron chi connectivity index (χ2n) is 7.12. The lowest BCUT2D eigenvalue weighted by atomic mass is 10.1. The molecule has 0 spiro atoms. The second kappa shape index (κ2) is 8.97. The molecule has 0 atom stereocenters. The number of hydrogen-bond acceptors (Lipinski definition) is 7. The van der Waals surface area contributed by atoms with Crippen molar-refractivity contribution in [2.45, 2.75) is 12.4 Å². The number of anilines is 1. The number of allylic oxidation sites excluding steroid dienone is 2. The van der Waals surface area contributed by atoms with Crippen molar-refractivity contribution >= 4 is 17.5 Å². The number of pyridine rings is 1. The topological polar surface area (TPSA) is 115 Å². The van der Waals surface area contributed by atoms with Crippen molar-refractivity contribution in [1.82, 2.24) is 40.4 Å². The van der Waals surface area contributed by atoms with Gasteiger partial charge in [0.25, 0.3) is 5.91 Å². The van der Waals surface area contributed by atoms with Gasteiger partial charge >= 0.3 is 12.4 Å². The van der Waals surface area contributed by atoms with Gasteiger partial charge in [-0.2, -0.15) is 41.6 Å². The third-order valence-electron chi connectivity index (χ3n) is 4.79. The van der Waals surface area contributed by atoms with Crippen LogP contribution in [0.4, 0.5) is 36.6 Å². The number of halogens is 7. The number of aromatic nitrogens is 6. The quantitative estimate of drug-likeness (QED) is 0.446. The van der Waals surface area contributed by atoms with Crippen molar-refractivity contribution in [3.63, 3.8) is 0 Å². The maximum absolute atomic E-state index is 13.9. The number of dihydropyridines is 1. The van der Waals surface area contributed by atoms with E-state index in [1.54, 1.807) is 0 Å². The summed E-state index contributed by atoms with van der Waals surface area (Å²) in [6.07, 6.45) is -6.60. The van der Waals surface area contributed by atoms with E-state index in [1.807, 2.05) is 5.32 Å². The van der Waals surface area contributed by atoms with Gasteiger partial charge in [-0.15, -0.1) is 4.80 Å². The number of amides is 1. The predicted octanol–water partition coefficient (Wildman–Crippen LogP) is 2.71. The maximum atomic E-state index is 13.9. The van der Waals surface area contributed by atoms with Gasteiger partial charge in [-0.25, -0.2) is 14.1 Å². The molecular formula is C19H14F7N9O. The maximum Gasteiger partial charge on any atom is 0.434 e. The van der Waals surface area contributed by atoms with Crippen LogP contribution in [0.25, 0.3) is 11.6 Å². The molecule has 4 heterocycles. The van der Waals surface area contributed by atoms with Gasteiger partial charge in [-0.05, 0) is 18.2 Å².